The van der Waals surface area contributed by atoms with E-state index in [0.717, 1.165) is 44.1 Å². The molecule has 8 nitrogen and oxygen atoms in total. The van der Waals surface area contributed by atoms with Crippen molar-refractivity contribution in [3.63, 3.8) is 0 Å². The molecule has 240 valence electrons. The van der Waals surface area contributed by atoms with Crippen LogP contribution in [0.25, 0.3) is 0 Å². The zero-order chi connectivity index (χ0) is 31.6. The first-order valence-electron chi connectivity index (χ1n) is 16.7. The van der Waals surface area contributed by atoms with Gasteiger partial charge in [0.15, 0.2) is 0 Å². The second-order valence-electron chi connectivity index (χ2n) is 13.6. The van der Waals surface area contributed by atoms with Crippen molar-refractivity contribution in [2.45, 2.75) is 101 Å². The number of benzene rings is 1. The Morgan fingerprint density at radius 1 is 1.11 bits per heavy atom. The van der Waals surface area contributed by atoms with Crippen LogP contribution in [0, 0.1) is 17.8 Å². The van der Waals surface area contributed by atoms with Gasteiger partial charge in [-0.3, -0.25) is 14.4 Å². The minimum Gasteiger partial charge on any atom is -0.394 e. The summed E-state index contributed by atoms with van der Waals surface area (Å²) in [4.78, 5) is 49.7. The number of rotatable bonds is 13. The van der Waals surface area contributed by atoms with Gasteiger partial charge < -0.3 is 24.5 Å². The molecule has 7 atom stereocenters. The minimum atomic E-state index is -1.16. The second-order valence-corrected chi connectivity index (χ2v) is 13.6. The maximum atomic E-state index is 15.0. The number of carbonyl (C=O) groups is 3. The summed E-state index contributed by atoms with van der Waals surface area (Å²) in [6.45, 7) is 14.9. The summed E-state index contributed by atoms with van der Waals surface area (Å²) in [5.74, 6) is -2.12. The molecular weight excluding hydrogens is 554 g/mol. The zero-order valence-corrected chi connectivity index (χ0v) is 26.8. The van der Waals surface area contributed by atoms with E-state index in [1.54, 1.807) is 22.0 Å². The maximum Gasteiger partial charge on any atom is 0.248 e. The molecule has 3 saturated heterocycles. The lowest BCUT2D eigenvalue weighted by atomic mass is 9.62. The highest BCUT2D eigenvalue weighted by molar-refractivity contribution is 5.99. The third-order valence-corrected chi connectivity index (χ3v) is 10.9. The van der Waals surface area contributed by atoms with Crippen LogP contribution in [-0.4, -0.2) is 93.1 Å². The summed E-state index contributed by atoms with van der Waals surface area (Å²) in [5.41, 5.74) is -1.08. The highest BCUT2D eigenvalue weighted by Crippen LogP contribution is 2.66. The molecule has 5 rings (SSSR count). The van der Waals surface area contributed by atoms with Gasteiger partial charge in [0.05, 0.1) is 30.1 Å². The molecule has 4 fully saturated rings. The van der Waals surface area contributed by atoms with Crippen LogP contribution in [0.5, 0.6) is 0 Å². The minimum absolute atomic E-state index is 0.0489. The van der Waals surface area contributed by atoms with Crippen LogP contribution >= 0.6 is 0 Å². The summed E-state index contributed by atoms with van der Waals surface area (Å²) in [5, 5.41) is 10.8. The number of carbonyl (C=O) groups excluding carboxylic acids is 3. The van der Waals surface area contributed by atoms with Crippen molar-refractivity contribution in [1.82, 2.24) is 14.7 Å². The Kier molecular flexibility index (Phi) is 9.71. The fourth-order valence-electron chi connectivity index (χ4n) is 8.88. The van der Waals surface area contributed by atoms with Crippen molar-refractivity contribution in [1.29, 1.82) is 0 Å². The van der Waals surface area contributed by atoms with Crippen molar-refractivity contribution in [2.75, 3.05) is 26.2 Å². The summed E-state index contributed by atoms with van der Waals surface area (Å²) in [6.07, 6.45) is 10.2. The largest absolute Gasteiger partial charge is 0.394 e. The fourth-order valence-corrected chi connectivity index (χ4v) is 8.88. The Bertz CT molecular complexity index is 1230. The van der Waals surface area contributed by atoms with Crippen molar-refractivity contribution >= 4 is 17.7 Å². The number of likely N-dealkylation sites (tertiary alicyclic amines) is 1. The molecule has 3 unspecified atom stereocenters. The van der Waals surface area contributed by atoms with Gasteiger partial charge in [0.2, 0.25) is 17.7 Å². The molecule has 8 heteroatoms. The van der Waals surface area contributed by atoms with Crippen LogP contribution in [-0.2, 0) is 25.5 Å². The van der Waals surface area contributed by atoms with Crippen LogP contribution in [0.4, 0.5) is 0 Å². The normalized spacial score (nSPS) is 31.9. The van der Waals surface area contributed by atoms with Crippen LogP contribution < -0.4 is 0 Å². The summed E-state index contributed by atoms with van der Waals surface area (Å²) in [7, 11) is 0. The third-order valence-electron chi connectivity index (χ3n) is 10.9. The van der Waals surface area contributed by atoms with E-state index in [0.29, 0.717) is 32.5 Å². The third kappa shape index (κ3) is 5.32. The Morgan fingerprint density at radius 2 is 1.80 bits per heavy atom. The van der Waals surface area contributed by atoms with E-state index in [4.69, 9.17) is 4.74 Å². The Balaban J connectivity index is 1.63. The zero-order valence-electron chi connectivity index (χ0n) is 26.8. The average molecular weight is 606 g/mol. The topological polar surface area (TPSA) is 90.4 Å². The van der Waals surface area contributed by atoms with Gasteiger partial charge in [-0.2, -0.15) is 0 Å². The lowest BCUT2D eigenvalue weighted by Crippen LogP contribution is -2.60. The van der Waals surface area contributed by atoms with E-state index in [1.165, 1.54) is 0 Å². The van der Waals surface area contributed by atoms with Gasteiger partial charge in [0, 0.05) is 25.7 Å². The summed E-state index contributed by atoms with van der Waals surface area (Å²) >= 11 is 0. The van der Waals surface area contributed by atoms with Gasteiger partial charge in [-0.05, 0) is 50.5 Å². The molecule has 3 aliphatic heterocycles. The van der Waals surface area contributed by atoms with Gasteiger partial charge in [0.1, 0.15) is 11.6 Å². The first-order chi connectivity index (χ1) is 21.2. The molecule has 0 aromatic heterocycles. The predicted octanol–water partition coefficient (Wildman–Crippen LogP) is 4.37. The van der Waals surface area contributed by atoms with E-state index >= 15 is 4.79 Å². The van der Waals surface area contributed by atoms with E-state index < -0.39 is 35.1 Å². The van der Waals surface area contributed by atoms with Gasteiger partial charge in [-0.15, -0.1) is 13.2 Å². The number of hydrogen-bond acceptors (Lipinski definition) is 5. The van der Waals surface area contributed by atoms with Crippen molar-refractivity contribution in [2.24, 2.45) is 17.8 Å². The molecule has 1 aromatic rings. The van der Waals surface area contributed by atoms with Gasteiger partial charge in [-0.1, -0.05) is 75.6 Å². The molecule has 1 aliphatic carbocycles. The molecule has 1 aromatic carbocycles. The second kappa shape index (κ2) is 13.2. The first kappa shape index (κ1) is 32.4. The number of ether oxygens (including phenoxy) is 1. The average Bonchev–Trinajstić information content (AvgIpc) is 3.55. The quantitative estimate of drug-likeness (QED) is 0.337. The van der Waals surface area contributed by atoms with Gasteiger partial charge in [-0.25, -0.2) is 0 Å². The highest BCUT2D eigenvalue weighted by atomic mass is 16.5. The molecule has 1 spiro atoms. The first-order valence-corrected chi connectivity index (χ1v) is 16.7. The molecule has 44 heavy (non-hydrogen) atoms. The monoisotopic (exact) mass is 605 g/mol. The van der Waals surface area contributed by atoms with Crippen LogP contribution in [0.2, 0.25) is 0 Å². The Morgan fingerprint density at radius 3 is 2.41 bits per heavy atom. The van der Waals surface area contributed by atoms with E-state index in [2.05, 4.69) is 20.1 Å². The van der Waals surface area contributed by atoms with Crippen molar-refractivity contribution in [3.8, 4) is 0 Å². The van der Waals surface area contributed by atoms with Crippen LogP contribution in [0.15, 0.2) is 55.6 Å². The maximum absolute atomic E-state index is 15.0. The van der Waals surface area contributed by atoms with Gasteiger partial charge in [0.25, 0.3) is 0 Å². The van der Waals surface area contributed by atoms with E-state index in [1.807, 2.05) is 49.1 Å². The highest BCUT2D eigenvalue weighted by Gasteiger charge is 2.80. The van der Waals surface area contributed by atoms with Crippen LogP contribution in [0.1, 0.15) is 71.3 Å². The number of aliphatic hydroxyl groups is 1. The molecule has 3 amide bonds. The SMILES string of the molecule is C=CCN(CCC)C(=O)[C@H]1[C@H]2C(=O)N([C@@H](CO)Cc3ccccc3)C(C(=O)N(CC=C)C3CCCCC3)C23CC(C)[C@]1(C)O3. The molecular formula is C36H51N3O5. The van der Waals surface area contributed by atoms with E-state index in [-0.39, 0.29) is 36.3 Å². The van der Waals surface area contributed by atoms with E-state index in [9.17, 15) is 14.7 Å². The standard InChI is InChI=1S/C36H51N3O5/c1-6-19-37(20-7-2)32(41)29-30-33(42)39(28(24-40)22-26-15-11-9-12-16-26)31(36(30)23-25(4)35(29,5)44-36)34(43)38(21-8-3)27-17-13-10-14-18-27/h6,8-9,11-12,15-16,25,27-31,40H,1,3,7,10,13-14,17-24H2,2,4-5H3/t25?,28-,29-,30+,31?,35+,36?/m1/s1. The number of nitrogens with zero attached hydrogens (tertiary/aromatic N) is 3. The fraction of sp³-hybridized carbons (Fsp3) is 0.639. The molecule has 1 N–H and O–H groups in total. The molecule has 2 bridgehead atoms. The molecule has 3 heterocycles. The molecule has 4 aliphatic rings. The lowest BCUT2D eigenvalue weighted by molar-refractivity contribution is -0.159. The number of aliphatic hydroxyl groups excluding tert-OH is 1. The molecule has 0 radical (unpaired) electrons. The predicted molar refractivity (Wildman–Crippen MR) is 170 cm³/mol. The number of fused-ring (bicyclic) bond motifs is 1. The summed E-state index contributed by atoms with van der Waals surface area (Å²) in [6, 6.07) is 8.22. The summed E-state index contributed by atoms with van der Waals surface area (Å²) < 4.78 is 7.03. The van der Waals surface area contributed by atoms with Gasteiger partial charge >= 0.3 is 0 Å². The van der Waals surface area contributed by atoms with Crippen molar-refractivity contribution in [3.05, 3.63) is 61.2 Å². The Labute approximate surface area is 263 Å². The lowest BCUT2D eigenvalue weighted by Gasteiger charge is -2.42. The number of hydrogen-bond donors (Lipinski definition) is 1. The van der Waals surface area contributed by atoms with Crippen molar-refractivity contribution < 1.29 is 24.2 Å². The smallest absolute Gasteiger partial charge is 0.248 e. The number of amides is 3. The molecule has 1 saturated carbocycles. The van der Waals surface area contributed by atoms with Crippen LogP contribution in [0.3, 0.4) is 0 Å². The Hall–Kier alpha value is -2.97.